The summed E-state index contributed by atoms with van der Waals surface area (Å²) >= 11 is 0. The van der Waals surface area contributed by atoms with Crippen LogP contribution >= 0.6 is 0 Å². The van der Waals surface area contributed by atoms with Crippen LogP contribution in [-0.2, 0) is 11.2 Å². The predicted octanol–water partition coefficient (Wildman–Crippen LogP) is 3.77. The smallest absolute Gasteiger partial charge is 0.305 e. The van der Waals surface area contributed by atoms with E-state index in [2.05, 4.69) is 5.43 Å². The molecule has 1 amide bonds. The summed E-state index contributed by atoms with van der Waals surface area (Å²) in [5.41, 5.74) is 6.36. The van der Waals surface area contributed by atoms with Gasteiger partial charge < -0.3 is 9.52 Å². The van der Waals surface area contributed by atoms with Crippen LogP contribution in [0.1, 0.15) is 34.0 Å². The third kappa shape index (κ3) is 3.85. The Kier molecular flexibility index (Phi) is 4.93. The van der Waals surface area contributed by atoms with Crippen LogP contribution in [0.15, 0.2) is 52.9 Å². The van der Waals surface area contributed by atoms with Gasteiger partial charge in [-0.05, 0) is 38.1 Å². The maximum absolute atomic E-state index is 12.5. The molecule has 3 aromatic rings. The second-order valence-corrected chi connectivity index (χ2v) is 6.16. The monoisotopic (exact) mass is 352 g/mol. The molecule has 0 saturated heterocycles. The summed E-state index contributed by atoms with van der Waals surface area (Å²) in [6.45, 7) is 3.77. The molecule has 2 heterocycles. The van der Waals surface area contributed by atoms with E-state index in [4.69, 9.17) is 9.52 Å². The third-order valence-electron chi connectivity index (χ3n) is 4.08. The van der Waals surface area contributed by atoms with Crippen molar-refractivity contribution in [3.63, 3.8) is 0 Å². The van der Waals surface area contributed by atoms with Gasteiger partial charge in [0.1, 0.15) is 5.76 Å². The molecule has 134 valence electrons. The molecule has 2 aromatic heterocycles. The van der Waals surface area contributed by atoms with Crippen molar-refractivity contribution < 1.29 is 19.1 Å². The van der Waals surface area contributed by atoms with E-state index < -0.39 is 5.97 Å². The van der Waals surface area contributed by atoms with Crippen molar-refractivity contribution in [2.75, 3.05) is 5.43 Å². The second kappa shape index (κ2) is 7.31. The minimum absolute atomic E-state index is 0.0208. The third-order valence-corrected chi connectivity index (χ3v) is 4.08. The summed E-state index contributed by atoms with van der Waals surface area (Å²) in [6, 6.07) is 14.9. The van der Waals surface area contributed by atoms with E-state index in [1.165, 1.54) is 0 Å². The van der Waals surface area contributed by atoms with E-state index >= 15 is 0 Å². The van der Waals surface area contributed by atoms with Crippen molar-refractivity contribution in [1.82, 2.24) is 4.68 Å². The normalized spacial score (nSPS) is 10.7. The van der Waals surface area contributed by atoms with Crippen LogP contribution in [-0.4, -0.2) is 21.7 Å². The number of carbonyl (C=O) groups excluding carboxylic acids is 1. The largest absolute Gasteiger partial charge is 0.481 e. The van der Waals surface area contributed by atoms with E-state index in [-0.39, 0.29) is 18.1 Å². The number of aromatic nitrogens is 1. The van der Waals surface area contributed by atoms with Gasteiger partial charge in [-0.1, -0.05) is 29.8 Å². The number of carbonyl (C=O) groups is 2. The molecule has 0 aliphatic heterocycles. The van der Waals surface area contributed by atoms with Gasteiger partial charge in [-0.3, -0.25) is 19.7 Å². The average molecular weight is 352 g/mol. The van der Waals surface area contributed by atoms with Crippen LogP contribution in [0.2, 0.25) is 0 Å². The Morgan fingerprint density at radius 3 is 2.38 bits per heavy atom. The van der Waals surface area contributed by atoms with Gasteiger partial charge in [-0.2, -0.15) is 0 Å². The van der Waals surface area contributed by atoms with Crippen molar-refractivity contribution >= 4 is 11.9 Å². The topological polar surface area (TPSA) is 84.5 Å². The molecule has 3 rings (SSSR count). The average Bonchev–Trinajstić information content (AvgIpc) is 3.20. The maximum Gasteiger partial charge on any atom is 0.305 e. The quantitative estimate of drug-likeness (QED) is 0.707. The summed E-state index contributed by atoms with van der Waals surface area (Å²) in [5.74, 6) is -0.426. The molecule has 6 nitrogen and oxygen atoms in total. The zero-order chi connectivity index (χ0) is 18.7. The highest BCUT2D eigenvalue weighted by atomic mass is 16.4. The van der Waals surface area contributed by atoms with Crippen LogP contribution < -0.4 is 5.43 Å². The molecule has 2 N–H and O–H groups in total. The highest BCUT2D eigenvalue weighted by Gasteiger charge is 2.16. The molecule has 6 heteroatoms. The van der Waals surface area contributed by atoms with Crippen LogP contribution in [0.3, 0.4) is 0 Å². The highest BCUT2D eigenvalue weighted by Crippen LogP contribution is 2.23. The summed E-state index contributed by atoms with van der Waals surface area (Å²) in [7, 11) is 0. The van der Waals surface area contributed by atoms with Crippen molar-refractivity contribution in [2.24, 2.45) is 0 Å². The number of aliphatic carboxylic acids is 1. The Labute approximate surface area is 151 Å². The lowest BCUT2D eigenvalue weighted by Crippen LogP contribution is -2.25. The van der Waals surface area contributed by atoms with Crippen LogP contribution in [0.25, 0.3) is 11.3 Å². The number of amides is 1. The van der Waals surface area contributed by atoms with Crippen molar-refractivity contribution in [3.05, 3.63) is 71.3 Å². The molecule has 0 radical (unpaired) electrons. The zero-order valence-corrected chi connectivity index (χ0v) is 14.7. The molecular weight excluding hydrogens is 332 g/mol. The van der Waals surface area contributed by atoms with Crippen molar-refractivity contribution in [3.8, 4) is 11.3 Å². The zero-order valence-electron chi connectivity index (χ0n) is 14.7. The van der Waals surface area contributed by atoms with Gasteiger partial charge in [0.25, 0.3) is 0 Å². The molecule has 0 aliphatic rings. The fourth-order valence-corrected chi connectivity index (χ4v) is 2.70. The standard InChI is InChI=1S/C20H20N2O4/c1-13-3-6-15(7-4-13)17-10-8-16(9-12-19(23)24)22(17)21-20(25)18-11-5-14(2)26-18/h3-8,10-11H,9,12H2,1-2H3,(H,21,25)(H,23,24). The number of hydrogen-bond acceptors (Lipinski definition) is 3. The highest BCUT2D eigenvalue weighted by molar-refractivity contribution is 5.98. The number of carboxylic acid groups (broad SMARTS) is 1. The molecule has 0 bridgehead atoms. The molecule has 1 aromatic carbocycles. The first-order valence-corrected chi connectivity index (χ1v) is 8.31. The van der Waals surface area contributed by atoms with E-state index in [1.807, 2.05) is 43.3 Å². The number of furan rings is 1. The number of rotatable bonds is 6. The molecule has 0 spiro atoms. The minimum Gasteiger partial charge on any atom is -0.481 e. The Balaban J connectivity index is 1.95. The summed E-state index contributed by atoms with van der Waals surface area (Å²) in [6.07, 6.45) is 0.283. The van der Waals surface area contributed by atoms with Crippen LogP contribution in [0, 0.1) is 13.8 Å². The summed E-state index contributed by atoms with van der Waals surface area (Å²) in [4.78, 5) is 23.4. The van der Waals surface area contributed by atoms with E-state index in [1.54, 1.807) is 23.7 Å². The van der Waals surface area contributed by atoms with Crippen LogP contribution in [0.5, 0.6) is 0 Å². The van der Waals surface area contributed by atoms with E-state index in [0.717, 1.165) is 16.8 Å². The Morgan fingerprint density at radius 2 is 1.77 bits per heavy atom. The lowest BCUT2D eigenvalue weighted by Gasteiger charge is -2.14. The number of carboxylic acids is 1. The summed E-state index contributed by atoms with van der Waals surface area (Å²) in [5, 5.41) is 8.97. The first-order chi connectivity index (χ1) is 12.4. The molecule has 0 saturated carbocycles. The van der Waals surface area contributed by atoms with Gasteiger partial charge in [0.05, 0.1) is 12.1 Å². The minimum atomic E-state index is -0.886. The lowest BCUT2D eigenvalue weighted by atomic mass is 10.1. The first kappa shape index (κ1) is 17.5. The number of nitrogens with one attached hydrogen (secondary N) is 1. The summed E-state index contributed by atoms with van der Waals surface area (Å²) < 4.78 is 7.01. The van der Waals surface area contributed by atoms with Crippen molar-refractivity contribution in [1.29, 1.82) is 0 Å². The van der Waals surface area contributed by atoms with Gasteiger partial charge in [-0.25, -0.2) is 0 Å². The lowest BCUT2D eigenvalue weighted by molar-refractivity contribution is -0.136. The van der Waals surface area contributed by atoms with E-state index in [0.29, 0.717) is 17.9 Å². The molecular formula is C20H20N2O4. The molecule has 26 heavy (non-hydrogen) atoms. The molecule has 0 unspecified atom stereocenters. The molecule has 0 fully saturated rings. The number of hydrogen-bond donors (Lipinski definition) is 2. The van der Waals surface area contributed by atoms with Crippen LogP contribution in [0.4, 0.5) is 0 Å². The number of benzene rings is 1. The Morgan fingerprint density at radius 1 is 1.04 bits per heavy atom. The first-order valence-electron chi connectivity index (χ1n) is 8.31. The Bertz CT molecular complexity index is 935. The predicted molar refractivity (Wildman–Crippen MR) is 97.7 cm³/mol. The van der Waals surface area contributed by atoms with Gasteiger partial charge in [0.15, 0.2) is 5.76 Å². The number of nitrogens with zero attached hydrogens (tertiary/aromatic N) is 1. The fourth-order valence-electron chi connectivity index (χ4n) is 2.70. The molecule has 0 aliphatic carbocycles. The van der Waals surface area contributed by atoms with Gasteiger partial charge in [-0.15, -0.1) is 0 Å². The fraction of sp³-hybridized carbons (Fsp3) is 0.200. The SMILES string of the molecule is Cc1ccc(-c2ccc(CCC(=O)O)n2NC(=O)c2ccc(C)o2)cc1. The Hall–Kier alpha value is -3.28. The van der Waals surface area contributed by atoms with E-state index in [9.17, 15) is 9.59 Å². The molecule has 0 atom stereocenters. The number of aryl methyl sites for hydroxylation is 3. The van der Waals surface area contributed by atoms with Gasteiger partial charge in [0.2, 0.25) is 0 Å². The van der Waals surface area contributed by atoms with Crippen molar-refractivity contribution in [2.45, 2.75) is 26.7 Å². The van der Waals surface area contributed by atoms with Gasteiger partial charge >= 0.3 is 11.9 Å². The maximum atomic E-state index is 12.5. The second-order valence-electron chi connectivity index (χ2n) is 6.16. The van der Waals surface area contributed by atoms with Gasteiger partial charge in [0, 0.05) is 17.7 Å².